The summed E-state index contributed by atoms with van der Waals surface area (Å²) in [5.41, 5.74) is 2.45. The average molecular weight is 398 g/mol. The number of anilines is 2. The Morgan fingerprint density at radius 2 is 1.66 bits per heavy atom. The topological polar surface area (TPSA) is 61.4 Å². The molecule has 0 bridgehead atoms. The van der Waals surface area contributed by atoms with E-state index in [1.54, 1.807) is 0 Å². The molecule has 1 aliphatic heterocycles. The molecule has 3 fully saturated rings. The number of piperidine rings is 1. The second-order valence-corrected chi connectivity index (χ2v) is 9.33. The Morgan fingerprint density at radius 1 is 0.931 bits per heavy atom. The molecule has 2 amide bonds. The maximum atomic E-state index is 13.2. The van der Waals surface area contributed by atoms with Crippen LogP contribution in [0.1, 0.15) is 81.5 Å². The van der Waals surface area contributed by atoms with Crippen LogP contribution in [0.4, 0.5) is 11.4 Å². The van der Waals surface area contributed by atoms with Crippen molar-refractivity contribution in [2.24, 2.45) is 11.8 Å². The van der Waals surface area contributed by atoms with Crippen LogP contribution in [0.15, 0.2) is 18.2 Å². The van der Waals surface area contributed by atoms with Crippen molar-refractivity contribution in [2.45, 2.75) is 77.2 Å². The van der Waals surface area contributed by atoms with E-state index in [0.717, 1.165) is 75.3 Å². The van der Waals surface area contributed by atoms with E-state index in [1.165, 1.54) is 19.3 Å². The Balaban J connectivity index is 1.54. The highest BCUT2D eigenvalue weighted by atomic mass is 16.2. The second kappa shape index (κ2) is 9.19. The smallest absolute Gasteiger partial charge is 0.253 e. The molecule has 0 spiro atoms. The molecule has 1 saturated heterocycles. The molecule has 2 N–H and O–H groups in total. The van der Waals surface area contributed by atoms with Crippen molar-refractivity contribution < 1.29 is 9.59 Å². The fourth-order valence-corrected chi connectivity index (χ4v) is 4.75. The van der Waals surface area contributed by atoms with Crippen LogP contribution in [0.25, 0.3) is 0 Å². The van der Waals surface area contributed by atoms with Crippen LogP contribution in [0.5, 0.6) is 0 Å². The zero-order valence-corrected chi connectivity index (χ0v) is 17.7. The van der Waals surface area contributed by atoms with Gasteiger partial charge in [0.25, 0.3) is 5.91 Å². The van der Waals surface area contributed by atoms with Gasteiger partial charge in [-0.1, -0.05) is 32.6 Å². The summed E-state index contributed by atoms with van der Waals surface area (Å²) in [6.07, 6.45) is 11.2. The number of hydrogen-bond acceptors (Lipinski definition) is 3. The third-order valence-corrected chi connectivity index (χ3v) is 7.05. The fraction of sp³-hybridized carbons (Fsp3) is 0.667. The lowest BCUT2D eigenvalue weighted by Gasteiger charge is -2.34. The van der Waals surface area contributed by atoms with Gasteiger partial charge in [-0.25, -0.2) is 0 Å². The maximum Gasteiger partial charge on any atom is 0.253 e. The predicted molar refractivity (Wildman–Crippen MR) is 117 cm³/mol. The quantitative estimate of drug-likeness (QED) is 0.755. The third-order valence-electron chi connectivity index (χ3n) is 7.05. The number of nitrogens with zero attached hydrogens (tertiary/aromatic N) is 1. The minimum absolute atomic E-state index is 0.00488. The summed E-state index contributed by atoms with van der Waals surface area (Å²) in [4.78, 5) is 28.0. The molecule has 5 nitrogen and oxygen atoms in total. The molecule has 158 valence electrons. The number of benzene rings is 1. The maximum absolute atomic E-state index is 13.2. The molecule has 0 aromatic heterocycles. The summed E-state index contributed by atoms with van der Waals surface area (Å²) in [5.74, 6) is 0.976. The van der Waals surface area contributed by atoms with E-state index in [0.29, 0.717) is 5.56 Å². The number of carbonyl (C=O) groups excluding carboxylic acids is 2. The highest BCUT2D eigenvalue weighted by molar-refractivity contribution is 6.02. The predicted octanol–water partition coefficient (Wildman–Crippen LogP) is 4.72. The van der Waals surface area contributed by atoms with Crippen LogP contribution < -0.4 is 15.5 Å². The van der Waals surface area contributed by atoms with Crippen molar-refractivity contribution >= 4 is 23.2 Å². The largest absolute Gasteiger partial charge is 0.371 e. The Bertz CT molecular complexity index is 730. The summed E-state index contributed by atoms with van der Waals surface area (Å²) in [6.45, 7) is 4.27. The molecular weight excluding hydrogens is 362 g/mol. The molecule has 29 heavy (non-hydrogen) atoms. The minimum Gasteiger partial charge on any atom is -0.371 e. The van der Waals surface area contributed by atoms with E-state index in [-0.39, 0.29) is 23.8 Å². The molecule has 1 aromatic rings. The standard InChI is InChI=1S/C24H35N3O2/c1-17-12-14-27(15-13-17)22-11-10-20(26-23(28)18-6-5-7-18)16-21(22)24(29)25-19-8-3-2-4-9-19/h10-11,16-19H,2-9,12-15H2,1H3,(H,25,29)(H,26,28). The Hall–Kier alpha value is -2.04. The first-order valence-electron chi connectivity index (χ1n) is 11.6. The number of carbonyl (C=O) groups is 2. The number of rotatable bonds is 5. The van der Waals surface area contributed by atoms with Crippen LogP contribution in [-0.2, 0) is 4.79 Å². The second-order valence-electron chi connectivity index (χ2n) is 9.33. The molecule has 0 unspecified atom stereocenters. The number of amides is 2. The van der Waals surface area contributed by atoms with Crippen molar-refractivity contribution in [3.8, 4) is 0 Å². The zero-order valence-electron chi connectivity index (χ0n) is 17.7. The highest BCUT2D eigenvalue weighted by Crippen LogP contribution is 2.31. The lowest BCUT2D eigenvalue weighted by Crippen LogP contribution is -2.38. The van der Waals surface area contributed by atoms with E-state index in [4.69, 9.17) is 0 Å². The van der Waals surface area contributed by atoms with Gasteiger partial charge in [0.05, 0.1) is 5.56 Å². The van der Waals surface area contributed by atoms with Gasteiger partial charge < -0.3 is 15.5 Å². The molecule has 0 radical (unpaired) electrons. The average Bonchev–Trinajstić information content (AvgIpc) is 2.68. The van der Waals surface area contributed by atoms with E-state index in [2.05, 4.69) is 22.5 Å². The van der Waals surface area contributed by atoms with Crippen LogP contribution in [-0.4, -0.2) is 30.9 Å². The molecule has 5 heteroatoms. The minimum atomic E-state index is 0.00488. The van der Waals surface area contributed by atoms with Crippen LogP contribution in [0.3, 0.4) is 0 Å². The zero-order chi connectivity index (χ0) is 20.2. The lowest BCUT2D eigenvalue weighted by molar-refractivity contribution is -0.122. The normalized spacial score (nSPS) is 21.5. The first-order chi connectivity index (χ1) is 14.1. The Morgan fingerprint density at radius 3 is 2.31 bits per heavy atom. The van der Waals surface area contributed by atoms with Gasteiger partial charge in [0.15, 0.2) is 0 Å². The SMILES string of the molecule is CC1CCN(c2ccc(NC(=O)C3CCC3)cc2C(=O)NC2CCCCC2)CC1. The fourth-order valence-electron chi connectivity index (χ4n) is 4.75. The van der Waals surface area contributed by atoms with E-state index >= 15 is 0 Å². The van der Waals surface area contributed by atoms with E-state index < -0.39 is 0 Å². The third kappa shape index (κ3) is 4.93. The van der Waals surface area contributed by atoms with Gasteiger partial charge in [0, 0.05) is 36.4 Å². The van der Waals surface area contributed by atoms with Crippen molar-refractivity contribution in [3.05, 3.63) is 23.8 Å². The van der Waals surface area contributed by atoms with Crippen molar-refractivity contribution in [1.82, 2.24) is 5.32 Å². The molecule has 3 aliphatic rings. The Kier molecular flexibility index (Phi) is 6.41. The van der Waals surface area contributed by atoms with Gasteiger partial charge in [-0.05, 0) is 62.6 Å². The summed E-state index contributed by atoms with van der Waals surface area (Å²) >= 11 is 0. The lowest BCUT2D eigenvalue weighted by atomic mass is 9.85. The number of hydrogen-bond donors (Lipinski definition) is 2. The highest BCUT2D eigenvalue weighted by Gasteiger charge is 2.27. The van der Waals surface area contributed by atoms with Crippen LogP contribution in [0, 0.1) is 11.8 Å². The summed E-state index contributed by atoms with van der Waals surface area (Å²) in [6, 6.07) is 6.16. The van der Waals surface area contributed by atoms with Gasteiger partial charge in [0.2, 0.25) is 5.91 Å². The van der Waals surface area contributed by atoms with Gasteiger partial charge in [-0.2, -0.15) is 0 Å². The summed E-state index contributed by atoms with van der Waals surface area (Å²) in [5, 5.41) is 6.31. The summed E-state index contributed by atoms with van der Waals surface area (Å²) in [7, 11) is 0. The van der Waals surface area contributed by atoms with Crippen LogP contribution >= 0.6 is 0 Å². The molecule has 1 aromatic carbocycles. The molecule has 1 heterocycles. The van der Waals surface area contributed by atoms with Crippen LogP contribution in [0.2, 0.25) is 0 Å². The van der Waals surface area contributed by atoms with Gasteiger partial charge in [-0.3, -0.25) is 9.59 Å². The summed E-state index contributed by atoms with van der Waals surface area (Å²) < 4.78 is 0. The molecule has 2 saturated carbocycles. The molecule has 0 atom stereocenters. The monoisotopic (exact) mass is 397 g/mol. The number of nitrogens with one attached hydrogen (secondary N) is 2. The molecule has 2 aliphatic carbocycles. The first-order valence-corrected chi connectivity index (χ1v) is 11.6. The van der Waals surface area contributed by atoms with Gasteiger partial charge >= 0.3 is 0 Å². The Labute approximate surface area is 174 Å². The van der Waals surface area contributed by atoms with Crippen molar-refractivity contribution in [3.63, 3.8) is 0 Å². The van der Waals surface area contributed by atoms with Gasteiger partial charge in [0.1, 0.15) is 0 Å². The van der Waals surface area contributed by atoms with E-state index in [9.17, 15) is 9.59 Å². The van der Waals surface area contributed by atoms with Crippen molar-refractivity contribution in [2.75, 3.05) is 23.3 Å². The van der Waals surface area contributed by atoms with Crippen molar-refractivity contribution in [1.29, 1.82) is 0 Å². The van der Waals surface area contributed by atoms with E-state index in [1.807, 2.05) is 18.2 Å². The van der Waals surface area contributed by atoms with Gasteiger partial charge in [-0.15, -0.1) is 0 Å². The molecular formula is C24H35N3O2. The molecule has 4 rings (SSSR count). The first kappa shape index (κ1) is 20.2.